The molecule has 0 N–H and O–H groups in total. The van der Waals surface area contributed by atoms with E-state index in [0.29, 0.717) is 16.3 Å². The van der Waals surface area contributed by atoms with Gasteiger partial charge in [-0.05, 0) is 36.4 Å². The number of carbonyl (C=O) groups is 1. The number of ether oxygens (including phenoxy) is 1. The molecule has 0 bridgehead atoms. The summed E-state index contributed by atoms with van der Waals surface area (Å²) >= 11 is 5.80. The Hall–Kier alpha value is -2.33. The molecule has 0 spiro atoms. The van der Waals surface area contributed by atoms with Crippen LogP contribution >= 0.6 is 11.6 Å². The van der Waals surface area contributed by atoms with Crippen molar-refractivity contribution >= 4 is 29.5 Å². The van der Waals surface area contributed by atoms with Gasteiger partial charge in [0.1, 0.15) is 5.76 Å². The summed E-state index contributed by atoms with van der Waals surface area (Å²) in [4.78, 5) is 15.8. The van der Waals surface area contributed by atoms with Crippen molar-refractivity contribution < 1.29 is 13.9 Å². The first-order valence-corrected chi connectivity index (χ1v) is 5.92. The molecule has 2 heterocycles. The Balaban J connectivity index is 1.93. The molecular formula is C14H8ClNO3. The predicted octanol–water partition coefficient (Wildman–Crippen LogP) is 3.28. The van der Waals surface area contributed by atoms with Gasteiger partial charge in [0.25, 0.3) is 0 Å². The lowest BCUT2D eigenvalue weighted by Gasteiger charge is -1.98. The van der Waals surface area contributed by atoms with E-state index in [1.54, 1.807) is 36.4 Å². The summed E-state index contributed by atoms with van der Waals surface area (Å²) in [6.07, 6.45) is 3.06. The number of hydrogen-bond acceptors (Lipinski definition) is 4. The molecule has 3 rings (SSSR count). The fourth-order valence-electron chi connectivity index (χ4n) is 1.63. The molecule has 1 aromatic carbocycles. The fourth-order valence-corrected chi connectivity index (χ4v) is 1.76. The maximum absolute atomic E-state index is 11.7. The molecule has 5 heteroatoms. The van der Waals surface area contributed by atoms with E-state index in [0.717, 1.165) is 0 Å². The van der Waals surface area contributed by atoms with E-state index >= 15 is 0 Å². The van der Waals surface area contributed by atoms with Crippen molar-refractivity contribution in [2.45, 2.75) is 0 Å². The Morgan fingerprint density at radius 1 is 1.16 bits per heavy atom. The van der Waals surface area contributed by atoms with Crippen molar-refractivity contribution in [2.24, 2.45) is 4.99 Å². The van der Waals surface area contributed by atoms with Gasteiger partial charge in [-0.2, -0.15) is 0 Å². The second-order valence-corrected chi connectivity index (χ2v) is 4.29. The summed E-state index contributed by atoms with van der Waals surface area (Å²) in [6.45, 7) is 0. The summed E-state index contributed by atoms with van der Waals surface area (Å²) in [7, 11) is 0. The van der Waals surface area contributed by atoms with Crippen molar-refractivity contribution in [1.82, 2.24) is 0 Å². The number of nitrogens with zero attached hydrogens (tertiary/aromatic N) is 1. The molecule has 1 aromatic heterocycles. The maximum atomic E-state index is 11.7. The molecule has 19 heavy (non-hydrogen) atoms. The monoisotopic (exact) mass is 273 g/mol. The Morgan fingerprint density at radius 2 is 1.95 bits per heavy atom. The molecule has 1 aliphatic heterocycles. The molecular weight excluding hydrogens is 266 g/mol. The summed E-state index contributed by atoms with van der Waals surface area (Å²) in [6, 6.07) is 10.4. The molecule has 2 aromatic rings. The van der Waals surface area contributed by atoms with E-state index in [2.05, 4.69) is 4.99 Å². The first-order chi connectivity index (χ1) is 9.22. The van der Waals surface area contributed by atoms with Crippen molar-refractivity contribution in [2.75, 3.05) is 0 Å². The van der Waals surface area contributed by atoms with Gasteiger partial charge in [0.05, 0.1) is 6.26 Å². The van der Waals surface area contributed by atoms with Gasteiger partial charge in [0.2, 0.25) is 5.90 Å². The third-order valence-electron chi connectivity index (χ3n) is 2.53. The largest absolute Gasteiger partial charge is 0.465 e. The van der Waals surface area contributed by atoms with Gasteiger partial charge in [0, 0.05) is 16.7 Å². The topological polar surface area (TPSA) is 51.8 Å². The summed E-state index contributed by atoms with van der Waals surface area (Å²) < 4.78 is 10.2. The minimum absolute atomic E-state index is 0.208. The molecule has 0 atom stereocenters. The highest BCUT2D eigenvalue weighted by atomic mass is 35.5. The number of hydrogen-bond donors (Lipinski definition) is 0. The minimum atomic E-state index is -0.499. The van der Waals surface area contributed by atoms with E-state index < -0.39 is 5.97 Å². The number of cyclic esters (lactones) is 1. The van der Waals surface area contributed by atoms with Gasteiger partial charge in [-0.3, -0.25) is 0 Å². The van der Waals surface area contributed by atoms with Gasteiger partial charge < -0.3 is 9.15 Å². The van der Waals surface area contributed by atoms with Crippen molar-refractivity contribution in [3.8, 4) is 0 Å². The molecule has 0 saturated carbocycles. The SMILES string of the molecule is O=C1OC(c2ccc(Cl)cc2)=N/C1=C\c1ccco1. The van der Waals surface area contributed by atoms with Gasteiger partial charge >= 0.3 is 5.97 Å². The Labute approximate surface area is 114 Å². The van der Waals surface area contributed by atoms with Crippen LogP contribution in [-0.2, 0) is 9.53 Å². The van der Waals surface area contributed by atoms with Crippen LogP contribution in [0.25, 0.3) is 6.08 Å². The lowest BCUT2D eigenvalue weighted by atomic mass is 10.2. The average molecular weight is 274 g/mol. The zero-order valence-electron chi connectivity index (χ0n) is 9.67. The molecule has 1 aliphatic rings. The fraction of sp³-hybridized carbons (Fsp3) is 0. The van der Waals surface area contributed by atoms with E-state index in [1.165, 1.54) is 12.3 Å². The number of halogens is 1. The normalized spacial score (nSPS) is 16.6. The Bertz CT molecular complexity index is 669. The van der Waals surface area contributed by atoms with Crippen LogP contribution in [0.3, 0.4) is 0 Å². The second-order valence-electron chi connectivity index (χ2n) is 3.86. The summed E-state index contributed by atoms with van der Waals surface area (Å²) in [5.41, 5.74) is 0.903. The Kier molecular flexibility index (Phi) is 2.93. The lowest BCUT2D eigenvalue weighted by Crippen LogP contribution is -2.04. The van der Waals surface area contributed by atoms with Crippen LogP contribution in [0.4, 0.5) is 0 Å². The van der Waals surface area contributed by atoms with Gasteiger partial charge in [-0.25, -0.2) is 9.79 Å². The Morgan fingerprint density at radius 3 is 2.63 bits per heavy atom. The molecule has 0 radical (unpaired) electrons. The molecule has 0 fully saturated rings. The minimum Gasteiger partial charge on any atom is -0.465 e. The van der Waals surface area contributed by atoms with Crippen LogP contribution in [-0.4, -0.2) is 11.9 Å². The van der Waals surface area contributed by atoms with Gasteiger partial charge in [-0.1, -0.05) is 11.6 Å². The highest BCUT2D eigenvalue weighted by Gasteiger charge is 2.24. The zero-order valence-corrected chi connectivity index (χ0v) is 10.4. The van der Waals surface area contributed by atoms with E-state index in [4.69, 9.17) is 20.8 Å². The van der Waals surface area contributed by atoms with E-state index in [9.17, 15) is 4.79 Å². The first kappa shape index (κ1) is 11.7. The lowest BCUT2D eigenvalue weighted by molar-refractivity contribution is -0.129. The predicted molar refractivity (Wildman–Crippen MR) is 70.8 cm³/mol. The van der Waals surface area contributed by atoms with Crippen LogP contribution in [0.5, 0.6) is 0 Å². The zero-order chi connectivity index (χ0) is 13.2. The molecule has 94 valence electrons. The maximum Gasteiger partial charge on any atom is 0.363 e. The van der Waals surface area contributed by atoms with Crippen molar-refractivity contribution in [3.63, 3.8) is 0 Å². The number of furan rings is 1. The third-order valence-corrected chi connectivity index (χ3v) is 2.79. The van der Waals surface area contributed by atoms with Gasteiger partial charge in [0.15, 0.2) is 5.70 Å². The van der Waals surface area contributed by atoms with Crippen LogP contribution in [0.1, 0.15) is 11.3 Å². The first-order valence-electron chi connectivity index (χ1n) is 5.54. The van der Waals surface area contributed by atoms with Crippen LogP contribution in [0.2, 0.25) is 5.02 Å². The van der Waals surface area contributed by atoms with Gasteiger partial charge in [-0.15, -0.1) is 0 Å². The number of benzene rings is 1. The second kappa shape index (κ2) is 4.74. The highest BCUT2D eigenvalue weighted by molar-refractivity contribution is 6.30. The number of aliphatic imine (C=N–C) groups is 1. The van der Waals surface area contributed by atoms with Crippen molar-refractivity contribution in [3.05, 3.63) is 64.7 Å². The summed E-state index contributed by atoms with van der Waals surface area (Å²) in [5.74, 6) is 0.314. The van der Waals surface area contributed by atoms with Crippen LogP contribution in [0, 0.1) is 0 Å². The molecule has 0 amide bonds. The molecule has 0 aliphatic carbocycles. The summed E-state index contributed by atoms with van der Waals surface area (Å²) in [5, 5.41) is 0.611. The van der Waals surface area contributed by atoms with E-state index in [1.807, 2.05) is 0 Å². The molecule has 0 unspecified atom stereocenters. The average Bonchev–Trinajstić information content (AvgIpc) is 3.02. The molecule has 4 nitrogen and oxygen atoms in total. The quantitative estimate of drug-likeness (QED) is 0.623. The molecule has 0 saturated heterocycles. The number of esters is 1. The standard InChI is InChI=1S/C14H8ClNO3/c15-10-5-3-9(4-6-10)13-16-12(14(17)19-13)8-11-2-1-7-18-11/h1-8H/b12-8-. The van der Waals surface area contributed by atoms with E-state index in [-0.39, 0.29) is 11.6 Å². The number of rotatable bonds is 2. The van der Waals surface area contributed by atoms with Crippen molar-refractivity contribution in [1.29, 1.82) is 0 Å². The highest BCUT2D eigenvalue weighted by Crippen LogP contribution is 2.20. The third kappa shape index (κ3) is 2.44. The number of carbonyl (C=O) groups excluding carboxylic acids is 1. The smallest absolute Gasteiger partial charge is 0.363 e. The van der Waals surface area contributed by atoms with Crippen LogP contribution in [0.15, 0.2) is 57.8 Å². The van der Waals surface area contributed by atoms with Crippen LogP contribution < -0.4 is 0 Å².